The number of halogens is 1. The number of pyridine rings is 1. The zero-order valence-electron chi connectivity index (χ0n) is 9.66. The summed E-state index contributed by atoms with van der Waals surface area (Å²) in [6, 6.07) is 7.28. The Morgan fingerprint density at radius 3 is 2.82 bits per heavy atom. The first-order chi connectivity index (χ1) is 8.08. The van der Waals surface area contributed by atoms with Gasteiger partial charge in [-0.1, -0.05) is 11.6 Å². The number of carbonyl (C=O) groups is 1. The summed E-state index contributed by atoms with van der Waals surface area (Å²) in [6.45, 7) is 3.43. The van der Waals surface area contributed by atoms with Gasteiger partial charge in [0.05, 0.1) is 5.02 Å². The molecule has 3 nitrogen and oxygen atoms in total. The van der Waals surface area contributed by atoms with Gasteiger partial charge >= 0.3 is 0 Å². The predicted molar refractivity (Wildman–Crippen MR) is 67.7 cm³/mol. The molecule has 0 aliphatic rings. The largest absolute Gasteiger partial charge is 0.484 e. The van der Waals surface area contributed by atoms with Crippen LogP contribution < -0.4 is 4.74 Å². The van der Waals surface area contributed by atoms with E-state index < -0.39 is 0 Å². The van der Waals surface area contributed by atoms with E-state index in [0.717, 1.165) is 11.1 Å². The summed E-state index contributed by atoms with van der Waals surface area (Å²) in [5, 5.41) is 1.46. The molecule has 2 aromatic rings. The van der Waals surface area contributed by atoms with E-state index in [1.807, 2.05) is 19.1 Å². The molecule has 0 bridgehead atoms. The van der Waals surface area contributed by atoms with Gasteiger partial charge in [0, 0.05) is 11.1 Å². The third-order valence-electron chi connectivity index (χ3n) is 2.34. The normalized spacial score (nSPS) is 10.5. The van der Waals surface area contributed by atoms with Crippen LogP contribution in [-0.2, 0) is 4.79 Å². The topological polar surface area (TPSA) is 39.2 Å². The first kappa shape index (κ1) is 11.9. The third kappa shape index (κ3) is 2.56. The van der Waals surface area contributed by atoms with Gasteiger partial charge in [-0.15, -0.1) is 0 Å². The van der Waals surface area contributed by atoms with Crippen molar-refractivity contribution < 1.29 is 9.53 Å². The van der Waals surface area contributed by atoms with E-state index in [1.165, 1.54) is 6.92 Å². The van der Waals surface area contributed by atoms with Gasteiger partial charge in [-0.2, -0.15) is 0 Å². The molecule has 0 unspecified atom stereocenters. The summed E-state index contributed by atoms with van der Waals surface area (Å²) in [5.74, 6) is 0.559. The summed E-state index contributed by atoms with van der Waals surface area (Å²) in [5.41, 5.74) is 1.58. The fourth-order valence-electron chi connectivity index (χ4n) is 1.55. The average molecular weight is 250 g/mol. The monoisotopic (exact) mass is 249 g/mol. The van der Waals surface area contributed by atoms with Crippen LogP contribution in [-0.4, -0.2) is 17.4 Å². The van der Waals surface area contributed by atoms with Crippen LogP contribution in [0.1, 0.15) is 12.6 Å². The number of nitrogens with zero attached hydrogens (tertiary/aromatic N) is 1. The molecular formula is C13H12ClNO2. The van der Waals surface area contributed by atoms with Crippen molar-refractivity contribution in [1.29, 1.82) is 0 Å². The number of benzene rings is 1. The van der Waals surface area contributed by atoms with Gasteiger partial charge in [0.1, 0.15) is 17.9 Å². The average Bonchev–Trinajstić information content (AvgIpc) is 2.28. The van der Waals surface area contributed by atoms with Crippen molar-refractivity contribution in [2.75, 3.05) is 6.61 Å². The standard InChI is InChI=1S/C13H12ClNO2/c1-8-3-4-10-11(14)5-6-12(13(10)15-8)17-7-9(2)16/h3-6H,7H2,1-2H3. The minimum Gasteiger partial charge on any atom is -0.484 e. The van der Waals surface area contributed by atoms with Crippen molar-refractivity contribution in [3.63, 3.8) is 0 Å². The molecule has 0 radical (unpaired) electrons. The first-order valence-corrected chi connectivity index (χ1v) is 5.64. The van der Waals surface area contributed by atoms with Crippen molar-refractivity contribution in [1.82, 2.24) is 4.98 Å². The molecule has 0 fully saturated rings. The predicted octanol–water partition coefficient (Wildman–Crippen LogP) is 3.16. The number of hydrogen-bond acceptors (Lipinski definition) is 3. The highest BCUT2D eigenvalue weighted by atomic mass is 35.5. The quantitative estimate of drug-likeness (QED) is 0.839. The number of aromatic nitrogens is 1. The molecule has 1 aromatic carbocycles. The van der Waals surface area contributed by atoms with Crippen LogP contribution in [0.25, 0.3) is 10.9 Å². The molecule has 0 aliphatic carbocycles. The molecule has 0 amide bonds. The Kier molecular flexibility index (Phi) is 3.29. The highest BCUT2D eigenvalue weighted by molar-refractivity contribution is 6.35. The Morgan fingerprint density at radius 2 is 2.12 bits per heavy atom. The van der Waals surface area contributed by atoms with E-state index in [4.69, 9.17) is 16.3 Å². The van der Waals surface area contributed by atoms with E-state index in [0.29, 0.717) is 16.3 Å². The summed E-state index contributed by atoms with van der Waals surface area (Å²) < 4.78 is 5.42. The van der Waals surface area contributed by atoms with E-state index >= 15 is 0 Å². The Hall–Kier alpha value is -1.61. The molecule has 0 atom stereocenters. The third-order valence-corrected chi connectivity index (χ3v) is 2.67. The van der Waals surface area contributed by atoms with Crippen molar-refractivity contribution in [3.8, 4) is 5.75 Å². The highest BCUT2D eigenvalue weighted by Gasteiger charge is 2.08. The molecule has 1 aromatic heterocycles. The smallest absolute Gasteiger partial charge is 0.167 e. The van der Waals surface area contributed by atoms with Gasteiger partial charge in [0.15, 0.2) is 5.78 Å². The summed E-state index contributed by atoms with van der Waals surface area (Å²) in [7, 11) is 0. The lowest BCUT2D eigenvalue weighted by Gasteiger charge is -2.08. The summed E-state index contributed by atoms with van der Waals surface area (Å²) in [4.78, 5) is 15.3. The lowest BCUT2D eigenvalue weighted by Crippen LogP contribution is -2.07. The fraction of sp³-hybridized carbons (Fsp3) is 0.231. The van der Waals surface area contributed by atoms with Crippen molar-refractivity contribution in [2.45, 2.75) is 13.8 Å². The van der Waals surface area contributed by atoms with E-state index in [2.05, 4.69) is 4.98 Å². The lowest BCUT2D eigenvalue weighted by atomic mass is 10.2. The summed E-state index contributed by atoms with van der Waals surface area (Å²) in [6.07, 6.45) is 0. The second-order valence-electron chi connectivity index (χ2n) is 3.89. The zero-order valence-corrected chi connectivity index (χ0v) is 10.4. The number of fused-ring (bicyclic) bond motifs is 1. The Balaban J connectivity index is 2.52. The van der Waals surface area contributed by atoms with Gasteiger partial charge in [0.25, 0.3) is 0 Å². The maximum atomic E-state index is 10.9. The van der Waals surface area contributed by atoms with Crippen molar-refractivity contribution >= 4 is 28.3 Å². The molecule has 0 aliphatic heterocycles. The second kappa shape index (κ2) is 4.72. The van der Waals surface area contributed by atoms with E-state index in [9.17, 15) is 4.79 Å². The van der Waals surface area contributed by atoms with Crippen LogP contribution in [0.15, 0.2) is 24.3 Å². The van der Waals surface area contributed by atoms with Crippen LogP contribution in [0.3, 0.4) is 0 Å². The van der Waals surface area contributed by atoms with Gasteiger partial charge in [-0.3, -0.25) is 4.79 Å². The maximum absolute atomic E-state index is 10.9. The minimum absolute atomic E-state index is 0.0271. The van der Waals surface area contributed by atoms with Crippen LogP contribution >= 0.6 is 11.6 Å². The number of rotatable bonds is 3. The van der Waals surface area contributed by atoms with Crippen LogP contribution in [0.4, 0.5) is 0 Å². The van der Waals surface area contributed by atoms with Gasteiger partial charge < -0.3 is 4.74 Å². The zero-order chi connectivity index (χ0) is 12.4. The molecule has 0 saturated heterocycles. The SMILES string of the molecule is CC(=O)COc1ccc(Cl)c2ccc(C)nc12. The number of ether oxygens (including phenoxy) is 1. The van der Waals surface area contributed by atoms with Crippen molar-refractivity contribution in [2.24, 2.45) is 0 Å². The van der Waals surface area contributed by atoms with Crippen LogP contribution in [0.2, 0.25) is 5.02 Å². The molecule has 88 valence electrons. The number of aryl methyl sites for hydroxylation is 1. The second-order valence-corrected chi connectivity index (χ2v) is 4.29. The molecule has 0 spiro atoms. The number of hydrogen-bond donors (Lipinski definition) is 0. The Labute approximate surface area is 104 Å². The maximum Gasteiger partial charge on any atom is 0.167 e. The number of ketones is 1. The number of Topliss-reactive ketones (excluding diaryl/α,β-unsaturated/α-hetero) is 1. The van der Waals surface area contributed by atoms with Gasteiger partial charge in [0.2, 0.25) is 0 Å². The van der Waals surface area contributed by atoms with E-state index in [1.54, 1.807) is 12.1 Å². The van der Waals surface area contributed by atoms with Crippen molar-refractivity contribution in [3.05, 3.63) is 35.0 Å². The summed E-state index contributed by atoms with van der Waals surface area (Å²) >= 11 is 6.08. The Morgan fingerprint density at radius 1 is 1.35 bits per heavy atom. The molecule has 17 heavy (non-hydrogen) atoms. The lowest BCUT2D eigenvalue weighted by molar-refractivity contribution is -0.118. The molecule has 0 N–H and O–H groups in total. The van der Waals surface area contributed by atoms with E-state index in [-0.39, 0.29) is 12.4 Å². The molecule has 0 saturated carbocycles. The van der Waals surface area contributed by atoms with Gasteiger partial charge in [-0.25, -0.2) is 4.98 Å². The Bertz CT molecular complexity index is 581. The number of carbonyl (C=O) groups excluding carboxylic acids is 1. The van der Waals surface area contributed by atoms with Gasteiger partial charge in [-0.05, 0) is 38.1 Å². The first-order valence-electron chi connectivity index (χ1n) is 5.26. The molecule has 1 heterocycles. The van der Waals surface area contributed by atoms with Crippen LogP contribution in [0, 0.1) is 6.92 Å². The highest BCUT2D eigenvalue weighted by Crippen LogP contribution is 2.30. The minimum atomic E-state index is -0.0271. The molecule has 2 rings (SSSR count). The molecule has 4 heteroatoms. The van der Waals surface area contributed by atoms with Crippen LogP contribution in [0.5, 0.6) is 5.75 Å². The fourth-order valence-corrected chi connectivity index (χ4v) is 1.77. The molecular weight excluding hydrogens is 238 g/mol.